The van der Waals surface area contributed by atoms with Gasteiger partial charge in [-0.1, -0.05) is 23.2 Å². The third kappa shape index (κ3) is 2.82. The van der Waals surface area contributed by atoms with Crippen LogP contribution in [0, 0.1) is 5.92 Å². The smallest absolute Gasteiger partial charge is 0.256 e. The predicted octanol–water partition coefficient (Wildman–Crippen LogP) is 3.29. The lowest BCUT2D eigenvalue weighted by Gasteiger charge is -2.37. The zero-order valence-corrected chi connectivity index (χ0v) is 12.4. The van der Waals surface area contributed by atoms with Crippen LogP contribution >= 0.6 is 34.5 Å². The maximum Gasteiger partial charge on any atom is 0.256 e. The maximum absolute atomic E-state index is 12.4. The number of likely N-dealkylation sites (tertiary alicyclic amines) is 1. The highest BCUT2D eigenvalue weighted by molar-refractivity contribution is 7.20. The van der Waals surface area contributed by atoms with Crippen LogP contribution in [0.1, 0.15) is 30.1 Å². The largest absolute Gasteiger partial charge is 0.396 e. The van der Waals surface area contributed by atoms with Crippen molar-refractivity contribution in [2.75, 3.05) is 13.2 Å². The Morgan fingerprint density at radius 3 is 2.83 bits per heavy atom. The van der Waals surface area contributed by atoms with Crippen LogP contribution in [0.2, 0.25) is 8.67 Å². The zero-order chi connectivity index (χ0) is 13.3. The van der Waals surface area contributed by atoms with Gasteiger partial charge in [0.15, 0.2) is 0 Å². The molecule has 2 unspecified atom stereocenters. The van der Waals surface area contributed by atoms with Crippen molar-refractivity contribution in [2.45, 2.75) is 25.8 Å². The first-order valence-electron chi connectivity index (χ1n) is 5.89. The van der Waals surface area contributed by atoms with E-state index in [0.29, 0.717) is 20.8 Å². The highest BCUT2D eigenvalue weighted by atomic mass is 35.5. The summed E-state index contributed by atoms with van der Waals surface area (Å²) in [6.45, 7) is 2.72. The second-order valence-electron chi connectivity index (χ2n) is 4.67. The van der Waals surface area contributed by atoms with E-state index >= 15 is 0 Å². The molecule has 3 nitrogen and oxygen atoms in total. The van der Waals surface area contributed by atoms with E-state index in [1.54, 1.807) is 11.0 Å². The van der Waals surface area contributed by atoms with Crippen molar-refractivity contribution in [3.05, 3.63) is 20.3 Å². The topological polar surface area (TPSA) is 40.5 Å². The first-order valence-corrected chi connectivity index (χ1v) is 7.46. The Balaban J connectivity index is 2.19. The van der Waals surface area contributed by atoms with E-state index in [9.17, 15) is 9.90 Å². The molecule has 18 heavy (non-hydrogen) atoms. The molecular formula is C12H15Cl2NO2S. The van der Waals surface area contributed by atoms with Gasteiger partial charge in [0.05, 0.1) is 9.90 Å². The number of carbonyl (C=O) groups excluding carboxylic acids is 1. The van der Waals surface area contributed by atoms with Crippen molar-refractivity contribution < 1.29 is 9.90 Å². The lowest BCUT2D eigenvalue weighted by atomic mass is 9.93. The molecule has 1 fully saturated rings. The molecular weight excluding hydrogens is 293 g/mol. The molecule has 2 heterocycles. The van der Waals surface area contributed by atoms with Gasteiger partial charge in [0, 0.05) is 19.2 Å². The molecule has 1 saturated heterocycles. The Labute approximate surface area is 120 Å². The molecule has 0 bridgehead atoms. The van der Waals surface area contributed by atoms with Gasteiger partial charge >= 0.3 is 0 Å². The van der Waals surface area contributed by atoms with E-state index in [2.05, 4.69) is 0 Å². The number of rotatable bonds is 2. The van der Waals surface area contributed by atoms with Gasteiger partial charge in [-0.05, 0) is 31.7 Å². The molecule has 2 rings (SSSR count). The minimum Gasteiger partial charge on any atom is -0.396 e. The first-order chi connectivity index (χ1) is 8.52. The number of nitrogens with zero attached hydrogens (tertiary/aromatic N) is 1. The Morgan fingerprint density at radius 2 is 2.28 bits per heavy atom. The Bertz CT molecular complexity index is 449. The van der Waals surface area contributed by atoms with Gasteiger partial charge in [-0.25, -0.2) is 0 Å². The van der Waals surface area contributed by atoms with Crippen molar-refractivity contribution in [3.8, 4) is 0 Å². The highest BCUT2D eigenvalue weighted by Gasteiger charge is 2.30. The van der Waals surface area contributed by atoms with Crippen LogP contribution in [0.25, 0.3) is 0 Å². The average Bonchev–Trinajstić information content (AvgIpc) is 2.68. The summed E-state index contributed by atoms with van der Waals surface area (Å²) in [5.41, 5.74) is 0.470. The summed E-state index contributed by atoms with van der Waals surface area (Å²) >= 11 is 13.1. The summed E-state index contributed by atoms with van der Waals surface area (Å²) < 4.78 is 0.954. The molecule has 6 heteroatoms. The Hall–Kier alpha value is -0.290. The van der Waals surface area contributed by atoms with Gasteiger partial charge in [0.1, 0.15) is 4.34 Å². The fraction of sp³-hybridized carbons (Fsp3) is 0.583. The van der Waals surface area contributed by atoms with Crippen molar-refractivity contribution in [2.24, 2.45) is 5.92 Å². The molecule has 2 atom stereocenters. The van der Waals surface area contributed by atoms with E-state index in [-0.39, 0.29) is 24.5 Å². The minimum absolute atomic E-state index is 0.0891. The van der Waals surface area contributed by atoms with Crippen molar-refractivity contribution in [3.63, 3.8) is 0 Å². The molecule has 1 N–H and O–H groups in total. The fourth-order valence-electron chi connectivity index (χ4n) is 2.26. The second-order valence-corrected chi connectivity index (χ2v) is 6.96. The number of piperidine rings is 1. The molecule has 0 radical (unpaired) electrons. The van der Waals surface area contributed by atoms with E-state index < -0.39 is 0 Å². The molecule has 1 aliphatic rings. The summed E-state index contributed by atoms with van der Waals surface area (Å²) in [5, 5.41) is 9.22. The molecule has 0 aromatic carbocycles. The van der Waals surface area contributed by atoms with Gasteiger partial charge in [0.25, 0.3) is 5.91 Å². The highest BCUT2D eigenvalue weighted by Crippen LogP contribution is 2.33. The lowest BCUT2D eigenvalue weighted by Crippen LogP contribution is -2.46. The molecule has 0 spiro atoms. The second kappa shape index (κ2) is 5.78. The first kappa shape index (κ1) is 14.1. The summed E-state index contributed by atoms with van der Waals surface area (Å²) in [6, 6.07) is 1.79. The van der Waals surface area contributed by atoms with Crippen molar-refractivity contribution in [1.82, 2.24) is 4.90 Å². The van der Waals surface area contributed by atoms with Gasteiger partial charge in [-0.15, -0.1) is 11.3 Å². The quantitative estimate of drug-likeness (QED) is 0.911. The summed E-state index contributed by atoms with van der Waals surface area (Å²) in [6.07, 6.45) is 1.87. The molecule has 0 aliphatic carbocycles. The van der Waals surface area contributed by atoms with Gasteiger partial charge in [-0.3, -0.25) is 4.79 Å². The van der Waals surface area contributed by atoms with Crippen LogP contribution < -0.4 is 0 Å². The summed E-state index contributed by atoms with van der Waals surface area (Å²) in [7, 11) is 0. The number of hydrogen-bond acceptors (Lipinski definition) is 3. The normalized spacial score (nSPS) is 24.3. The van der Waals surface area contributed by atoms with E-state index in [4.69, 9.17) is 23.2 Å². The van der Waals surface area contributed by atoms with E-state index in [1.807, 2.05) is 6.92 Å². The maximum atomic E-state index is 12.4. The third-order valence-electron chi connectivity index (χ3n) is 3.39. The SMILES string of the molecule is CC1CCC(CO)CN1C(=O)c1cc(Cl)sc1Cl. The number of carbonyl (C=O) groups is 1. The van der Waals surface area contributed by atoms with Crippen molar-refractivity contribution >= 4 is 40.4 Å². The van der Waals surface area contributed by atoms with Crippen LogP contribution in [0.4, 0.5) is 0 Å². The van der Waals surface area contributed by atoms with Gasteiger partial charge < -0.3 is 10.0 Å². The number of amides is 1. The lowest BCUT2D eigenvalue weighted by molar-refractivity contribution is 0.0489. The number of halogens is 2. The van der Waals surface area contributed by atoms with Crippen LogP contribution in [0.5, 0.6) is 0 Å². The molecule has 1 aromatic heterocycles. The molecule has 1 amide bonds. The summed E-state index contributed by atoms with van der Waals surface area (Å²) in [4.78, 5) is 14.2. The zero-order valence-electron chi connectivity index (χ0n) is 10.0. The van der Waals surface area contributed by atoms with Gasteiger partial charge in [0.2, 0.25) is 0 Å². The number of hydrogen-bond donors (Lipinski definition) is 1. The monoisotopic (exact) mass is 307 g/mol. The van der Waals surface area contributed by atoms with E-state index in [1.165, 1.54) is 11.3 Å². The average molecular weight is 308 g/mol. The number of thiophene rings is 1. The molecule has 0 saturated carbocycles. The number of aliphatic hydroxyl groups is 1. The molecule has 1 aromatic rings. The minimum atomic E-state index is -0.0891. The third-order valence-corrected chi connectivity index (χ3v) is 4.87. The van der Waals surface area contributed by atoms with Gasteiger partial charge in [-0.2, -0.15) is 0 Å². The van der Waals surface area contributed by atoms with Crippen LogP contribution in [0.15, 0.2) is 6.07 Å². The van der Waals surface area contributed by atoms with Crippen molar-refractivity contribution in [1.29, 1.82) is 0 Å². The molecule has 100 valence electrons. The Morgan fingerprint density at radius 1 is 1.56 bits per heavy atom. The summed E-state index contributed by atoms with van der Waals surface area (Å²) in [5.74, 6) is 0.0758. The van der Waals surface area contributed by atoms with Crippen LogP contribution in [-0.2, 0) is 0 Å². The standard InChI is InChI=1S/C12H15Cl2NO2S/c1-7-2-3-8(6-16)5-15(7)12(17)9-4-10(13)18-11(9)14/h4,7-8,16H,2-3,5-6H2,1H3. The predicted molar refractivity (Wildman–Crippen MR) is 74.6 cm³/mol. The molecule has 1 aliphatic heterocycles. The van der Waals surface area contributed by atoms with E-state index in [0.717, 1.165) is 12.8 Å². The fourth-order valence-corrected chi connectivity index (χ4v) is 3.70. The number of aliphatic hydroxyl groups excluding tert-OH is 1. The Kier molecular flexibility index (Phi) is 4.54. The van der Waals surface area contributed by atoms with Crippen LogP contribution in [0.3, 0.4) is 0 Å². The van der Waals surface area contributed by atoms with Crippen LogP contribution in [-0.4, -0.2) is 35.1 Å².